The van der Waals surface area contributed by atoms with Gasteiger partial charge in [-0.3, -0.25) is 0 Å². The highest BCUT2D eigenvalue weighted by atomic mass is 16.5. The van der Waals surface area contributed by atoms with Gasteiger partial charge in [0.25, 0.3) is 0 Å². The van der Waals surface area contributed by atoms with Crippen molar-refractivity contribution < 1.29 is 9.47 Å². The van der Waals surface area contributed by atoms with E-state index in [4.69, 9.17) is 15.2 Å². The lowest BCUT2D eigenvalue weighted by atomic mass is 10.2. The Hall–Kier alpha value is -2.50. The fourth-order valence-electron chi connectivity index (χ4n) is 1.68. The lowest BCUT2D eigenvalue weighted by Gasteiger charge is -2.11. The van der Waals surface area contributed by atoms with Gasteiger partial charge in [0, 0.05) is 6.54 Å². The number of ether oxygens (including phenoxy) is 2. The Morgan fingerprint density at radius 2 is 2.05 bits per heavy atom. The molecule has 6 nitrogen and oxygen atoms in total. The predicted octanol–water partition coefficient (Wildman–Crippen LogP) is 1.69. The highest BCUT2D eigenvalue weighted by molar-refractivity contribution is 5.61. The SMILES string of the molecule is COc1cccc(CNc2ncnc(N)c2OC)c1. The molecular weight excluding hydrogens is 244 g/mol. The molecular formula is C13H16N4O2. The van der Waals surface area contributed by atoms with Crippen molar-refractivity contribution in [2.45, 2.75) is 6.54 Å². The predicted molar refractivity (Wildman–Crippen MR) is 73.3 cm³/mol. The van der Waals surface area contributed by atoms with Crippen LogP contribution in [0.2, 0.25) is 0 Å². The molecule has 6 heteroatoms. The first-order chi connectivity index (χ1) is 9.24. The largest absolute Gasteiger partial charge is 0.497 e. The van der Waals surface area contributed by atoms with E-state index < -0.39 is 0 Å². The molecule has 0 aliphatic carbocycles. The van der Waals surface area contributed by atoms with Crippen LogP contribution in [-0.4, -0.2) is 24.2 Å². The van der Waals surface area contributed by atoms with Crippen LogP contribution < -0.4 is 20.5 Å². The van der Waals surface area contributed by atoms with Crippen LogP contribution in [0.3, 0.4) is 0 Å². The third-order valence-electron chi connectivity index (χ3n) is 2.63. The number of benzene rings is 1. The van der Waals surface area contributed by atoms with Gasteiger partial charge in [0.15, 0.2) is 11.6 Å². The average Bonchev–Trinajstić information content (AvgIpc) is 2.45. The molecule has 0 atom stereocenters. The Kier molecular flexibility index (Phi) is 4.02. The first-order valence-electron chi connectivity index (χ1n) is 5.76. The summed E-state index contributed by atoms with van der Waals surface area (Å²) < 4.78 is 10.3. The fourth-order valence-corrected chi connectivity index (χ4v) is 1.68. The number of nitrogens with two attached hydrogens (primary N) is 1. The Morgan fingerprint density at radius 1 is 1.21 bits per heavy atom. The molecule has 0 bridgehead atoms. The van der Waals surface area contributed by atoms with Gasteiger partial charge in [0.1, 0.15) is 12.1 Å². The van der Waals surface area contributed by atoms with Crippen molar-refractivity contribution in [3.05, 3.63) is 36.2 Å². The second kappa shape index (κ2) is 5.90. The molecule has 1 heterocycles. The molecule has 1 aromatic carbocycles. The molecule has 0 spiro atoms. The van der Waals surface area contributed by atoms with E-state index >= 15 is 0 Å². The molecule has 2 rings (SSSR count). The van der Waals surface area contributed by atoms with Crippen LogP contribution in [-0.2, 0) is 6.54 Å². The Morgan fingerprint density at radius 3 is 2.79 bits per heavy atom. The number of hydrogen-bond acceptors (Lipinski definition) is 6. The Balaban J connectivity index is 2.12. The van der Waals surface area contributed by atoms with E-state index in [1.807, 2.05) is 24.3 Å². The topological polar surface area (TPSA) is 82.3 Å². The van der Waals surface area contributed by atoms with E-state index in [9.17, 15) is 0 Å². The van der Waals surface area contributed by atoms with Crippen LogP contribution in [0, 0.1) is 0 Å². The normalized spacial score (nSPS) is 10.0. The molecule has 0 fully saturated rings. The second-order valence-corrected chi connectivity index (χ2v) is 3.85. The van der Waals surface area contributed by atoms with Crippen molar-refractivity contribution in [1.82, 2.24) is 9.97 Å². The molecule has 0 radical (unpaired) electrons. The van der Waals surface area contributed by atoms with E-state index in [-0.39, 0.29) is 0 Å². The van der Waals surface area contributed by atoms with Crippen molar-refractivity contribution in [2.24, 2.45) is 0 Å². The molecule has 0 aliphatic rings. The summed E-state index contributed by atoms with van der Waals surface area (Å²) in [6.07, 6.45) is 1.39. The monoisotopic (exact) mass is 260 g/mol. The van der Waals surface area contributed by atoms with Gasteiger partial charge in [-0.1, -0.05) is 12.1 Å². The molecule has 2 aromatic rings. The summed E-state index contributed by atoms with van der Waals surface area (Å²) in [5, 5.41) is 3.16. The zero-order chi connectivity index (χ0) is 13.7. The van der Waals surface area contributed by atoms with Gasteiger partial charge in [-0.15, -0.1) is 0 Å². The third-order valence-corrected chi connectivity index (χ3v) is 2.63. The smallest absolute Gasteiger partial charge is 0.203 e. The summed E-state index contributed by atoms with van der Waals surface area (Å²) in [4.78, 5) is 7.98. The minimum atomic E-state index is 0.311. The fraction of sp³-hybridized carbons (Fsp3) is 0.231. The number of rotatable bonds is 5. The maximum Gasteiger partial charge on any atom is 0.203 e. The Bertz CT molecular complexity index is 560. The molecule has 0 saturated carbocycles. The van der Waals surface area contributed by atoms with Gasteiger partial charge in [-0.05, 0) is 17.7 Å². The maximum absolute atomic E-state index is 5.71. The Labute approximate surface area is 111 Å². The van der Waals surface area contributed by atoms with E-state index in [1.54, 1.807) is 7.11 Å². The van der Waals surface area contributed by atoms with Crippen LogP contribution in [0.15, 0.2) is 30.6 Å². The van der Waals surface area contributed by atoms with Crippen molar-refractivity contribution in [1.29, 1.82) is 0 Å². The van der Waals surface area contributed by atoms with E-state index in [1.165, 1.54) is 13.4 Å². The summed E-state index contributed by atoms with van der Waals surface area (Å²) in [5.41, 5.74) is 6.78. The van der Waals surface area contributed by atoms with Crippen LogP contribution in [0.25, 0.3) is 0 Å². The van der Waals surface area contributed by atoms with E-state index in [0.717, 1.165) is 11.3 Å². The van der Waals surface area contributed by atoms with Crippen LogP contribution in [0.5, 0.6) is 11.5 Å². The second-order valence-electron chi connectivity index (χ2n) is 3.85. The molecule has 0 amide bonds. The van der Waals surface area contributed by atoms with Gasteiger partial charge in [-0.25, -0.2) is 9.97 Å². The minimum Gasteiger partial charge on any atom is -0.497 e. The first kappa shape index (κ1) is 12.9. The van der Waals surface area contributed by atoms with Crippen LogP contribution >= 0.6 is 0 Å². The summed E-state index contributed by atoms with van der Waals surface area (Å²) >= 11 is 0. The summed E-state index contributed by atoms with van der Waals surface area (Å²) in [6, 6.07) is 7.77. The molecule has 100 valence electrons. The van der Waals surface area contributed by atoms with Crippen molar-refractivity contribution in [3.63, 3.8) is 0 Å². The number of nitrogens with one attached hydrogen (secondary N) is 1. The molecule has 0 aliphatic heterocycles. The van der Waals surface area contributed by atoms with Crippen molar-refractivity contribution in [3.8, 4) is 11.5 Å². The third kappa shape index (κ3) is 3.04. The number of hydrogen-bond donors (Lipinski definition) is 2. The molecule has 0 unspecified atom stereocenters. The molecule has 19 heavy (non-hydrogen) atoms. The number of nitrogens with zero attached hydrogens (tertiary/aromatic N) is 2. The van der Waals surface area contributed by atoms with E-state index in [0.29, 0.717) is 23.9 Å². The van der Waals surface area contributed by atoms with Gasteiger partial charge < -0.3 is 20.5 Å². The quantitative estimate of drug-likeness (QED) is 0.851. The molecule has 3 N–H and O–H groups in total. The number of methoxy groups -OCH3 is 2. The highest BCUT2D eigenvalue weighted by Gasteiger charge is 2.08. The summed E-state index contributed by atoms with van der Waals surface area (Å²) in [7, 11) is 3.17. The lowest BCUT2D eigenvalue weighted by molar-refractivity contribution is 0.414. The summed E-state index contributed by atoms with van der Waals surface area (Å²) in [6.45, 7) is 0.587. The van der Waals surface area contributed by atoms with Crippen LogP contribution in [0.1, 0.15) is 5.56 Å². The minimum absolute atomic E-state index is 0.311. The molecule has 0 saturated heterocycles. The van der Waals surface area contributed by atoms with Crippen LogP contribution in [0.4, 0.5) is 11.6 Å². The zero-order valence-electron chi connectivity index (χ0n) is 10.9. The lowest BCUT2D eigenvalue weighted by Crippen LogP contribution is -2.06. The van der Waals surface area contributed by atoms with E-state index in [2.05, 4.69) is 15.3 Å². The highest BCUT2D eigenvalue weighted by Crippen LogP contribution is 2.26. The van der Waals surface area contributed by atoms with Gasteiger partial charge in [0.2, 0.25) is 5.75 Å². The number of anilines is 2. The summed E-state index contributed by atoms with van der Waals surface area (Å²) in [5.74, 6) is 2.14. The first-order valence-corrected chi connectivity index (χ1v) is 5.76. The molecule has 1 aromatic heterocycles. The zero-order valence-corrected chi connectivity index (χ0v) is 10.9. The van der Waals surface area contributed by atoms with Gasteiger partial charge in [0.05, 0.1) is 14.2 Å². The van der Waals surface area contributed by atoms with Crippen molar-refractivity contribution in [2.75, 3.05) is 25.3 Å². The van der Waals surface area contributed by atoms with Crippen molar-refractivity contribution >= 4 is 11.6 Å². The number of aromatic nitrogens is 2. The number of nitrogen functional groups attached to an aromatic ring is 1. The average molecular weight is 260 g/mol. The van der Waals surface area contributed by atoms with Gasteiger partial charge in [-0.2, -0.15) is 0 Å². The maximum atomic E-state index is 5.71. The standard InChI is InChI=1S/C13H16N4O2/c1-18-10-5-3-4-9(6-10)7-15-13-11(19-2)12(14)16-8-17-13/h3-6,8H,7H2,1-2H3,(H3,14,15,16,17). The van der Waals surface area contributed by atoms with Gasteiger partial charge >= 0.3 is 0 Å².